The first-order chi connectivity index (χ1) is 13.1. The van der Waals surface area contributed by atoms with E-state index in [1.165, 1.54) is 36.7 Å². The third-order valence-corrected chi connectivity index (χ3v) is 5.19. The Morgan fingerprint density at radius 1 is 1.33 bits per heavy atom. The molecule has 1 aliphatic rings. The summed E-state index contributed by atoms with van der Waals surface area (Å²) in [6.07, 6.45) is 2.94. The van der Waals surface area contributed by atoms with Gasteiger partial charge < -0.3 is 14.6 Å². The lowest BCUT2D eigenvalue weighted by atomic mass is 10.1. The van der Waals surface area contributed by atoms with E-state index in [0.717, 1.165) is 23.1 Å². The zero-order valence-corrected chi connectivity index (χ0v) is 15.8. The van der Waals surface area contributed by atoms with E-state index in [1.54, 1.807) is 12.1 Å². The molecule has 146 valence electrons. The molecule has 3 rings (SSSR count). The first kappa shape index (κ1) is 19.6. The minimum Gasteiger partial charge on any atom is -0.435 e. The molecule has 6 nitrogen and oxygen atoms in total. The molecule has 0 bridgehead atoms. The van der Waals surface area contributed by atoms with Gasteiger partial charge in [0.2, 0.25) is 5.91 Å². The number of thioether (sulfide) groups is 1. The quantitative estimate of drug-likeness (QED) is 0.625. The summed E-state index contributed by atoms with van der Waals surface area (Å²) < 4.78 is 30.6. The predicted octanol–water partition coefficient (Wildman–Crippen LogP) is 3.23. The number of alkyl halides is 2. The van der Waals surface area contributed by atoms with Crippen LogP contribution < -0.4 is 10.1 Å². The number of ether oxygens (including phenoxy) is 1. The zero-order valence-electron chi connectivity index (χ0n) is 15.0. The molecule has 0 aliphatic heterocycles. The van der Waals surface area contributed by atoms with Crippen LogP contribution in [0.2, 0.25) is 0 Å². The van der Waals surface area contributed by atoms with Crippen molar-refractivity contribution >= 4 is 17.7 Å². The van der Waals surface area contributed by atoms with E-state index in [9.17, 15) is 13.6 Å². The molecule has 0 spiro atoms. The number of halogens is 2. The Bertz CT molecular complexity index is 763. The van der Waals surface area contributed by atoms with Gasteiger partial charge in [0, 0.05) is 19.0 Å². The Kier molecular flexibility index (Phi) is 6.65. The fourth-order valence-corrected chi connectivity index (χ4v) is 3.55. The molecule has 1 aliphatic carbocycles. The molecule has 1 saturated carbocycles. The van der Waals surface area contributed by atoms with Crippen LogP contribution in [0.1, 0.15) is 37.1 Å². The highest BCUT2D eigenvalue weighted by Gasteiger charge is 2.30. The topological polar surface area (TPSA) is 69.0 Å². The van der Waals surface area contributed by atoms with Crippen molar-refractivity contribution in [2.24, 2.45) is 0 Å². The maximum Gasteiger partial charge on any atom is 0.387 e. The van der Waals surface area contributed by atoms with Crippen molar-refractivity contribution in [2.45, 2.75) is 50.4 Å². The van der Waals surface area contributed by atoms with Crippen molar-refractivity contribution in [1.29, 1.82) is 0 Å². The average molecular weight is 396 g/mol. The second-order valence-electron chi connectivity index (χ2n) is 6.27. The van der Waals surface area contributed by atoms with Gasteiger partial charge in [0.25, 0.3) is 0 Å². The van der Waals surface area contributed by atoms with E-state index in [1.807, 2.05) is 0 Å². The summed E-state index contributed by atoms with van der Waals surface area (Å²) in [7, 11) is 0. The SMILES string of the molecule is CCn1c(SCC(=O)NCCc2ccc(OC(F)F)cc2)nnc1C1CC1. The Balaban J connectivity index is 1.40. The standard InChI is InChI=1S/C18H22F2N4O2S/c1-2-24-16(13-5-6-13)22-23-18(24)27-11-15(25)21-10-9-12-3-7-14(8-4-12)26-17(19)20/h3-4,7-8,13,17H,2,5-6,9-11H2,1H3,(H,21,25). The highest BCUT2D eigenvalue weighted by Crippen LogP contribution is 2.39. The summed E-state index contributed by atoms with van der Waals surface area (Å²) in [5.41, 5.74) is 0.935. The highest BCUT2D eigenvalue weighted by atomic mass is 32.2. The van der Waals surface area contributed by atoms with E-state index >= 15 is 0 Å². The summed E-state index contributed by atoms with van der Waals surface area (Å²) in [5.74, 6) is 1.89. The molecule has 2 aromatic rings. The number of hydrogen-bond donors (Lipinski definition) is 1. The molecule has 1 amide bonds. The number of rotatable bonds is 10. The number of amides is 1. The first-order valence-corrected chi connectivity index (χ1v) is 9.91. The van der Waals surface area contributed by atoms with Crippen molar-refractivity contribution in [2.75, 3.05) is 12.3 Å². The van der Waals surface area contributed by atoms with Crippen LogP contribution in [0.4, 0.5) is 8.78 Å². The second kappa shape index (κ2) is 9.16. The highest BCUT2D eigenvalue weighted by molar-refractivity contribution is 7.99. The number of aromatic nitrogens is 3. The predicted molar refractivity (Wildman–Crippen MR) is 98.2 cm³/mol. The number of nitrogens with one attached hydrogen (secondary N) is 1. The van der Waals surface area contributed by atoms with Crippen LogP contribution >= 0.6 is 11.8 Å². The fourth-order valence-electron chi connectivity index (χ4n) is 2.71. The van der Waals surface area contributed by atoms with Gasteiger partial charge in [-0.2, -0.15) is 8.78 Å². The molecule has 1 aromatic carbocycles. The van der Waals surface area contributed by atoms with Gasteiger partial charge in [0.1, 0.15) is 11.6 Å². The molecule has 1 fully saturated rings. The minimum atomic E-state index is -2.83. The molecule has 1 heterocycles. The van der Waals surface area contributed by atoms with Gasteiger partial charge in [-0.3, -0.25) is 4.79 Å². The Morgan fingerprint density at radius 3 is 2.70 bits per heavy atom. The second-order valence-corrected chi connectivity index (χ2v) is 7.21. The van der Waals surface area contributed by atoms with Crippen LogP contribution in [0, 0.1) is 0 Å². The van der Waals surface area contributed by atoms with Crippen LogP contribution in [-0.2, 0) is 17.8 Å². The molecule has 0 atom stereocenters. The van der Waals surface area contributed by atoms with Gasteiger partial charge >= 0.3 is 6.61 Å². The van der Waals surface area contributed by atoms with Gasteiger partial charge in [0.05, 0.1) is 5.75 Å². The number of carbonyl (C=O) groups is 1. The van der Waals surface area contributed by atoms with Crippen molar-refractivity contribution in [1.82, 2.24) is 20.1 Å². The maximum atomic E-state index is 12.1. The largest absolute Gasteiger partial charge is 0.435 e. The maximum absolute atomic E-state index is 12.1. The van der Waals surface area contributed by atoms with E-state index in [2.05, 4.69) is 31.7 Å². The fraction of sp³-hybridized carbons (Fsp3) is 0.500. The van der Waals surface area contributed by atoms with Crippen LogP contribution in [0.5, 0.6) is 5.75 Å². The van der Waals surface area contributed by atoms with Gasteiger partial charge in [-0.25, -0.2) is 0 Å². The Morgan fingerprint density at radius 2 is 2.07 bits per heavy atom. The van der Waals surface area contributed by atoms with E-state index in [-0.39, 0.29) is 17.4 Å². The molecule has 9 heteroatoms. The van der Waals surface area contributed by atoms with Crippen molar-refractivity contribution < 1.29 is 18.3 Å². The molecular weight excluding hydrogens is 374 g/mol. The molecule has 1 N–H and O–H groups in total. The average Bonchev–Trinajstić information content (AvgIpc) is 3.40. The summed E-state index contributed by atoms with van der Waals surface area (Å²) >= 11 is 1.39. The third-order valence-electron chi connectivity index (χ3n) is 4.22. The Hall–Kier alpha value is -2.16. The van der Waals surface area contributed by atoms with Crippen LogP contribution in [-0.4, -0.2) is 39.6 Å². The molecule has 0 radical (unpaired) electrons. The molecule has 0 saturated heterocycles. The molecule has 27 heavy (non-hydrogen) atoms. The molecule has 0 unspecified atom stereocenters. The summed E-state index contributed by atoms with van der Waals surface area (Å²) in [4.78, 5) is 12.0. The van der Waals surface area contributed by atoms with Crippen molar-refractivity contribution in [3.05, 3.63) is 35.7 Å². The first-order valence-electron chi connectivity index (χ1n) is 8.93. The van der Waals surface area contributed by atoms with Crippen molar-refractivity contribution in [3.8, 4) is 5.75 Å². The van der Waals surface area contributed by atoms with Gasteiger partial charge in [-0.15, -0.1) is 10.2 Å². The summed E-state index contributed by atoms with van der Waals surface area (Å²) in [6.45, 7) is 0.499. The molecular formula is C18H22F2N4O2S. The minimum absolute atomic E-state index is 0.0729. The lowest BCUT2D eigenvalue weighted by Crippen LogP contribution is -2.27. The molecule has 1 aromatic heterocycles. The zero-order chi connectivity index (χ0) is 19.2. The van der Waals surface area contributed by atoms with Crippen molar-refractivity contribution in [3.63, 3.8) is 0 Å². The number of benzene rings is 1. The van der Waals surface area contributed by atoms with Gasteiger partial charge in [0.15, 0.2) is 5.16 Å². The van der Waals surface area contributed by atoms with Crippen LogP contribution in [0.3, 0.4) is 0 Å². The van der Waals surface area contributed by atoms with E-state index < -0.39 is 6.61 Å². The number of nitrogens with zero attached hydrogens (tertiary/aromatic N) is 3. The third kappa shape index (κ3) is 5.66. The summed E-state index contributed by atoms with van der Waals surface area (Å²) in [6, 6.07) is 6.41. The summed E-state index contributed by atoms with van der Waals surface area (Å²) in [5, 5.41) is 12.1. The van der Waals surface area contributed by atoms with Crippen LogP contribution in [0.25, 0.3) is 0 Å². The number of carbonyl (C=O) groups excluding carboxylic acids is 1. The monoisotopic (exact) mass is 396 g/mol. The Labute approximate surface area is 160 Å². The lowest BCUT2D eigenvalue weighted by molar-refractivity contribution is -0.118. The van der Waals surface area contributed by atoms with E-state index in [4.69, 9.17) is 0 Å². The number of hydrogen-bond acceptors (Lipinski definition) is 5. The normalized spacial score (nSPS) is 13.8. The van der Waals surface area contributed by atoms with Gasteiger partial charge in [-0.05, 0) is 43.9 Å². The lowest BCUT2D eigenvalue weighted by Gasteiger charge is -2.08. The van der Waals surface area contributed by atoms with Crippen LogP contribution in [0.15, 0.2) is 29.4 Å². The van der Waals surface area contributed by atoms with Gasteiger partial charge in [-0.1, -0.05) is 23.9 Å². The van der Waals surface area contributed by atoms with E-state index in [0.29, 0.717) is 18.9 Å². The smallest absolute Gasteiger partial charge is 0.387 e.